The van der Waals surface area contributed by atoms with Gasteiger partial charge < -0.3 is 10.2 Å². The van der Waals surface area contributed by atoms with Crippen LogP contribution in [0.25, 0.3) is 0 Å². The average Bonchev–Trinajstić information content (AvgIpc) is 2.73. The third-order valence-electron chi connectivity index (χ3n) is 4.84. The van der Waals surface area contributed by atoms with Gasteiger partial charge in [-0.15, -0.1) is 0 Å². The molecule has 7 nitrogen and oxygen atoms in total. The molecule has 30 heavy (non-hydrogen) atoms. The van der Waals surface area contributed by atoms with Crippen molar-refractivity contribution in [1.82, 2.24) is 14.5 Å². The highest BCUT2D eigenvalue weighted by Crippen LogP contribution is 2.19. The molecule has 0 spiro atoms. The van der Waals surface area contributed by atoms with Crippen molar-refractivity contribution in [2.75, 3.05) is 26.2 Å². The van der Waals surface area contributed by atoms with Gasteiger partial charge in [-0.25, -0.2) is 12.8 Å². The molecule has 160 valence electrons. The van der Waals surface area contributed by atoms with E-state index in [1.807, 2.05) is 0 Å². The molecule has 2 aromatic rings. The minimum atomic E-state index is -3.76. The minimum Gasteiger partial charge on any atom is -0.340 e. The van der Waals surface area contributed by atoms with Crippen LogP contribution in [0.2, 0.25) is 5.02 Å². The quantitative estimate of drug-likeness (QED) is 0.751. The van der Waals surface area contributed by atoms with E-state index in [1.54, 1.807) is 31.2 Å². The molecule has 2 amide bonds. The maximum atomic E-state index is 13.1. The second-order valence-electron chi connectivity index (χ2n) is 6.86. The summed E-state index contributed by atoms with van der Waals surface area (Å²) in [6, 6.07) is 10.3. The van der Waals surface area contributed by atoms with Gasteiger partial charge in [-0.2, -0.15) is 4.31 Å². The topological polar surface area (TPSA) is 86.8 Å². The van der Waals surface area contributed by atoms with Crippen LogP contribution in [0.15, 0.2) is 53.4 Å². The van der Waals surface area contributed by atoms with Crippen LogP contribution in [0.5, 0.6) is 0 Å². The largest absolute Gasteiger partial charge is 0.340 e. The Hall–Kier alpha value is -2.49. The molecule has 1 N–H and O–H groups in total. The number of rotatable bonds is 5. The molecular weight excluding hydrogens is 433 g/mol. The Balaban J connectivity index is 1.59. The number of nitrogens with one attached hydrogen (secondary N) is 1. The van der Waals surface area contributed by atoms with E-state index in [0.29, 0.717) is 0 Å². The number of nitrogens with zero attached hydrogens (tertiary/aromatic N) is 2. The van der Waals surface area contributed by atoms with Crippen molar-refractivity contribution in [2.24, 2.45) is 0 Å². The fourth-order valence-electron chi connectivity index (χ4n) is 3.16. The first-order chi connectivity index (χ1) is 14.2. The monoisotopic (exact) mass is 453 g/mol. The van der Waals surface area contributed by atoms with Crippen LogP contribution in [0.3, 0.4) is 0 Å². The lowest BCUT2D eigenvalue weighted by Crippen LogP contribution is -2.55. The van der Waals surface area contributed by atoms with E-state index in [2.05, 4.69) is 5.32 Å². The highest BCUT2D eigenvalue weighted by Gasteiger charge is 2.32. The Bertz CT molecular complexity index is 1040. The Morgan fingerprint density at radius 2 is 1.63 bits per heavy atom. The summed E-state index contributed by atoms with van der Waals surface area (Å²) < 4.78 is 39.7. The predicted molar refractivity (Wildman–Crippen MR) is 110 cm³/mol. The summed E-state index contributed by atoms with van der Waals surface area (Å²) in [5, 5.41) is 2.91. The van der Waals surface area contributed by atoms with E-state index in [4.69, 9.17) is 11.6 Å². The van der Waals surface area contributed by atoms with Crippen LogP contribution < -0.4 is 5.32 Å². The normalized spacial score (nSPS) is 16.2. The van der Waals surface area contributed by atoms with Gasteiger partial charge in [-0.3, -0.25) is 9.59 Å². The number of carbonyl (C=O) groups excluding carboxylic acids is 2. The molecule has 10 heteroatoms. The number of carbonyl (C=O) groups is 2. The second kappa shape index (κ2) is 9.11. The average molecular weight is 454 g/mol. The third kappa shape index (κ3) is 4.80. The summed E-state index contributed by atoms with van der Waals surface area (Å²) in [6.07, 6.45) is 0. The molecule has 0 unspecified atom stereocenters. The molecule has 0 bridgehead atoms. The Morgan fingerprint density at radius 1 is 1.03 bits per heavy atom. The van der Waals surface area contributed by atoms with Crippen LogP contribution in [-0.2, 0) is 14.8 Å². The zero-order valence-electron chi connectivity index (χ0n) is 16.2. The minimum absolute atomic E-state index is 0.00375. The van der Waals surface area contributed by atoms with Gasteiger partial charge in [0.2, 0.25) is 15.9 Å². The van der Waals surface area contributed by atoms with Crippen LogP contribution in [0.4, 0.5) is 4.39 Å². The second-order valence-corrected chi connectivity index (χ2v) is 9.20. The maximum Gasteiger partial charge on any atom is 0.253 e. The fourth-order valence-corrected chi connectivity index (χ4v) is 4.80. The SMILES string of the molecule is C[C@H](NC(=O)c1ccccc1Cl)C(=O)N1CCN(S(=O)(=O)c2ccc(F)cc2)CC1. The number of hydrogen-bond donors (Lipinski definition) is 1. The van der Waals surface area contributed by atoms with Crippen LogP contribution in [0.1, 0.15) is 17.3 Å². The highest BCUT2D eigenvalue weighted by atomic mass is 35.5. The lowest BCUT2D eigenvalue weighted by molar-refractivity contribution is -0.134. The highest BCUT2D eigenvalue weighted by molar-refractivity contribution is 7.89. The standard InChI is InChI=1S/C20H21ClFN3O4S/c1-14(23-19(26)17-4-2-3-5-18(17)21)20(27)24-10-12-25(13-11-24)30(28,29)16-8-6-15(22)7-9-16/h2-9,14H,10-13H2,1H3,(H,23,26)/t14-/m0/s1. The number of benzene rings is 2. The number of amides is 2. The summed E-state index contributed by atoms with van der Waals surface area (Å²) >= 11 is 6.01. The third-order valence-corrected chi connectivity index (χ3v) is 7.08. The van der Waals surface area contributed by atoms with Crippen LogP contribution >= 0.6 is 11.6 Å². The van der Waals surface area contributed by atoms with E-state index in [0.717, 1.165) is 12.1 Å². The summed E-state index contributed by atoms with van der Waals surface area (Å²) in [5.74, 6) is -1.29. The summed E-state index contributed by atoms with van der Waals surface area (Å²) in [7, 11) is -3.76. The zero-order valence-corrected chi connectivity index (χ0v) is 17.8. The van der Waals surface area contributed by atoms with E-state index in [-0.39, 0.29) is 47.6 Å². The van der Waals surface area contributed by atoms with Crippen molar-refractivity contribution < 1.29 is 22.4 Å². The predicted octanol–water partition coefficient (Wildman–Crippen LogP) is 2.13. The maximum absolute atomic E-state index is 13.1. The molecule has 1 aliphatic heterocycles. The van der Waals surface area contributed by atoms with Crippen molar-refractivity contribution in [3.63, 3.8) is 0 Å². The molecular formula is C20H21ClFN3O4S. The molecule has 0 aliphatic carbocycles. The Morgan fingerprint density at radius 3 is 2.23 bits per heavy atom. The lowest BCUT2D eigenvalue weighted by Gasteiger charge is -2.35. The first kappa shape index (κ1) is 22.2. The smallest absolute Gasteiger partial charge is 0.253 e. The number of piperazine rings is 1. The molecule has 1 aliphatic rings. The molecule has 1 fully saturated rings. The molecule has 0 saturated carbocycles. The van der Waals surface area contributed by atoms with Crippen molar-refractivity contribution in [3.8, 4) is 0 Å². The molecule has 1 atom stereocenters. The summed E-state index contributed by atoms with van der Waals surface area (Å²) in [6.45, 7) is 2.16. The fraction of sp³-hybridized carbons (Fsp3) is 0.300. The van der Waals surface area contributed by atoms with Gasteiger partial charge >= 0.3 is 0 Å². The van der Waals surface area contributed by atoms with Gasteiger partial charge in [0, 0.05) is 26.2 Å². The van der Waals surface area contributed by atoms with Crippen LogP contribution in [-0.4, -0.2) is 61.7 Å². The molecule has 0 aromatic heterocycles. The molecule has 2 aromatic carbocycles. The Kier molecular flexibility index (Phi) is 6.74. The van der Waals surface area contributed by atoms with E-state index >= 15 is 0 Å². The van der Waals surface area contributed by atoms with Crippen molar-refractivity contribution in [1.29, 1.82) is 0 Å². The van der Waals surface area contributed by atoms with Crippen molar-refractivity contribution in [2.45, 2.75) is 17.9 Å². The van der Waals surface area contributed by atoms with Crippen molar-refractivity contribution in [3.05, 3.63) is 64.9 Å². The van der Waals surface area contributed by atoms with Gasteiger partial charge in [0.15, 0.2) is 0 Å². The van der Waals surface area contributed by atoms with Crippen LogP contribution in [0, 0.1) is 5.82 Å². The number of sulfonamides is 1. The molecule has 3 rings (SSSR count). The number of hydrogen-bond acceptors (Lipinski definition) is 4. The van der Waals surface area contributed by atoms with E-state index in [1.165, 1.54) is 21.3 Å². The van der Waals surface area contributed by atoms with Gasteiger partial charge in [-0.05, 0) is 43.3 Å². The van der Waals surface area contributed by atoms with Gasteiger partial charge in [0.25, 0.3) is 5.91 Å². The van der Waals surface area contributed by atoms with Gasteiger partial charge in [0.05, 0.1) is 15.5 Å². The summed E-state index contributed by atoms with van der Waals surface area (Å²) in [5.41, 5.74) is 0.272. The van der Waals surface area contributed by atoms with Gasteiger partial charge in [0.1, 0.15) is 11.9 Å². The summed E-state index contributed by atoms with van der Waals surface area (Å²) in [4.78, 5) is 26.5. The number of halogens is 2. The van der Waals surface area contributed by atoms with Crippen molar-refractivity contribution >= 4 is 33.4 Å². The van der Waals surface area contributed by atoms with E-state index < -0.39 is 27.8 Å². The lowest BCUT2D eigenvalue weighted by atomic mass is 10.2. The molecule has 1 heterocycles. The Labute approximate surface area is 179 Å². The van der Waals surface area contributed by atoms with Gasteiger partial charge in [-0.1, -0.05) is 23.7 Å². The first-order valence-corrected chi connectivity index (χ1v) is 11.1. The first-order valence-electron chi connectivity index (χ1n) is 9.30. The zero-order chi connectivity index (χ0) is 21.9. The molecule has 0 radical (unpaired) electrons. The molecule has 1 saturated heterocycles. The van der Waals surface area contributed by atoms with E-state index in [9.17, 15) is 22.4 Å².